The van der Waals surface area contributed by atoms with E-state index in [1.54, 1.807) is 0 Å². The van der Waals surface area contributed by atoms with Crippen LogP contribution in [0.1, 0.15) is 42.1 Å². The Morgan fingerprint density at radius 2 is 1.91 bits per heavy atom. The number of H-pyrrole nitrogens is 1. The summed E-state index contributed by atoms with van der Waals surface area (Å²) in [5, 5.41) is 0.0547. The van der Waals surface area contributed by atoms with Crippen LogP contribution in [-0.4, -0.2) is 28.9 Å². The summed E-state index contributed by atoms with van der Waals surface area (Å²) in [6.07, 6.45) is 4.06. The molecule has 0 bridgehead atoms. The summed E-state index contributed by atoms with van der Waals surface area (Å²) in [7, 11) is 0. The third-order valence-electron chi connectivity index (χ3n) is 4.64. The molecule has 4 rings (SSSR count). The Morgan fingerprint density at radius 3 is 2.52 bits per heavy atom. The second kappa shape index (κ2) is 5.04. The predicted molar refractivity (Wildman–Crippen MR) is 83.9 cm³/mol. The molecule has 1 aromatic carbocycles. The molecule has 1 aromatic heterocycles. The summed E-state index contributed by atoms with van der Waals surface area (Å²) in [5.74, 6) is -0.590. The number of carbonyl (C=O) groups is 1. The van der Waals surface area contributed by atoms with Crippen molar-refractivity contribution in [3.63, 3.8) is 0 Å². The lowest BCUT2D eigenvalue weighted by molar-refractivity contribution is 0.112. The molecule has 120 valence electrons. The quantitative estimate of drug-likeness (QED) is 0.872. The van der Waals surface area contributed by atoms with Gasteiger partial charge in [0.15, 0.2) is 6.29 Å². The van der Waals surface area contributed by atoms with Gasteiger partial charge in [-0.2, -0.15) is 0 Å². The SMILES string of the molecule is O=Cc1c(N2CCCC2)c(F)cc2c(=O)[nH]c(=O)n(C3CC3)c12. The largest absolute Gasteiger partial charge is 0.369 e. The number of halogens is 1. The standard InChI is InChI=1S/C16H16FN3O3/c17-12-7-10-13(11(8-21)14(12)19-5-1-2-6-19)20(9-3-4-9)16(23)18-15(10)22/h7-9H,1-6H2,(H,18,22,23). The van der Waals surface area contributed by atoms with Crippen molar-refractivity contribution >= 4 is 22.9 Å². The van der Waals surface area contributed by atoms with Crippen LogP contribution in [0.3, 0.4) is 0 Å². The maximum Gasteiger partial charge on any atom is 0.329 e. The number of benzene rings is 1. The van der Waals surface area contributed by atoms with Crippen molar-refractivity contribution in [2.24, 2.45) is 0 Å². The average Bonchev–Trinajstić information content (AvgIpc) is 3.21. The minimum absolute atomic E-state index is 0.0301. The second-order valence-corrected chi connectivity index (χ2v) is 6.19. The van der Waals surface area contributed by atoms with Crippen molar-refractivity contribution < 1.29 is 9.18 Å². The summed E-state index contributed by atoms with van der Waals surface area (Å²) >= 11 is 0. The molecule has 2 aromatic rings. The highest BCUT2D eigenvalue weighted by atomic mass is 19.1. The first-order valence-electron chi connectivity index (χ1n) is 7.83. The Labute approximate surface area is 130 Å². The molecule has 23 heavy (non-hydrogen) atoms. The van der Waals surface area contributed by atoms with E-state index in [1.807, 2.05) is 4.90 Å². The van der Waals surface area contributed by atoms with E-state index in [9.17, 15) is 18.8 Å². The highest BCUT2D eigenvalue weighted by Crippen LogP contribution is 2.38. The van der Waals surface area contributed by atoms with Gasteiger partial charge in [0, 0.05) is 19.1 Å². The van der Waals surface area contributed by atoms with E-state index in [2.05, 4.69) is 4.98 Å². The molecule has 1 N–H and O–H groups in total. The highest BCUT2D eigenvalue weighted by molar-refractivity contribution is 6.02. The van der Waals surface area contributed by atoms with E-state index in [-0.39, 0.29) is 28.2 Å². The molecule has 1 aliphatic carbocycles. The van der Waals surface area contributed by atoms with Crippen LogP contribution in [0.5, 0.6) is 0 Å². The average molecular weight is 317 g/mol. The van der Waals surface area contributed by atoms with Crippen LogP contribution in [0.15, 0.2) is 15.7 Å². The van der Waals surface area contributed by atoms with E-state index in [0.717, 1.165) is 31.7 Å². The number of nitrogens with one attached hydrogen (secondary N) is 1. The first kappa shape index (κ1) is 14.2. The number of fused-ring (bicyclic) bond motifs is 1. The van der Waals surface area contributed by atoms with Crippen LogP contribution in [0.4, 0.5) is 10.1 Å². The molecule has 1 aliphatic heterocycles. The zero-order valence-corrected chi connectivity index (χ0v) is 12.5. The molecule has 6 nitrogen and oxygen atoms in total. The van der Waals surface area contributed by atoms with Crippen LogP contribution in [0, 0.1) is 5.82 Å². The summed E-state index contributed by atoms with van der Waals surface area (Å²) in [5.41, 5.74) is -0.607. The van der Waals surface area contributed by atoms with Crippen LogP contribution >= 0.6 is 0 Å². The van der Waals surface area contributed by atoms with E-state index >= 15 is 0 Å². The lowest BCUT2D eigenvalue weighted by Crippen LogP contribution is -2.31. The van der Waals surface area contributed by atoms with Crippen LogP contribution in [-0.2, 0) is 0 Å². The Bertz CT molecular complexity index is 921. The molecule has 2 aliphatic rings. The first-order chi connectivity index (χ1) is 11.1. The van der Waals surface area contributed by atoms with E-state index in [0.29, 0.717) is 19.4 Å². The topological polar surface area (TPSA) is 75.2 Å². The number of aldehydes is 1. The van der Waals surface area contributed by atoms with Crippen molar-refractivity contribution in [1.29, 1.82) is 0 Å². The molecule has 0 atom stereocenters. The van der Waals surface area contributed by atoms with Gasteiger partial charge in [-0.15, -0.1) is 0 Å². The van der Waals surface area contributed by atoms with Crippen LogP contribution in [0.2, 0.25) is 0 Å². The number of aromatic nitrogens is 2. The number of nitrogens with zero attached hydrogens (tertiary/aromatic N) is 2. The minimum Gasteiger partial charge on any atom is -0.369 e. The van der Waals surface area contributed by atoms with E-state index in [1.165, 1.54) is 4.57 Å². The van der Waals surface area contributed by atoms with Gasteiger partial charge in [0.1, 0.15) is 5.82 Å². The summed E-state index contributed by atoms with van der Waals surface area (Å²) in [6, 6.07) is 1.12. The summed E-state index contributed by atoms with van der Waals surface area (Å²) in [4.78, 5) is 40.1. The van der Waals surface area contributed by atoms with Crippen molar-refractivity contribution in [2.75, 3.05) is 18.0 Å². The molecule has 2 heterocycles. The molecule has 1 saturated heterocycles. The Hall–Kier alpha value is -2.44. The van der Waals surface area contributed by atoms with Gasteiger partial charge < -0.3 is 4.90 Å². The molecule has 0 radical (unpaired) electrons. The molecular weight excluding hydrogens is 301 g/mol. The zero-order valence-electron chi connectivity index (χ0n) is 12.5. The molecular formula is C16H16FN3O3. The van der Waals surface area contributed by atoms with Crippen molar-refractivity contribution in [3.8, 4) is 0 Å². The molecule has 0 amide bonds. The smallest absolute Gasteiger partial charge is 0.329 e. The van der Waals surface area contributed by atoms with Gasteiger partial charge >= 0.3 is 5.69 Å². The normalized spacial score (nSPS) is 17.9. The number of carbonyl (C=O) groups excluding carboxylic acids is 1. The monoisotopic (exact) mass is 317 g/mol. The fraction of sp³-hybridized carbons (Fsp3) is 0.438. The third kappa shape index (κ3) is 2.10. The number of rotatable bonds is 3. The molecule has 1 saturated carbocycles. The fourth-order valence-corrected chi connectivity index (χ4v) is 3.46. The number of hydrogen-bond acceptors (Lipinski definition) is 4. The molecule has 7 heteroatoms. The number of anilines is 1. The van der Waals surface area contributed by atoms with Gasteiger partial charge in [-0.3, -0.25) is 19.1 Å². The summed E-state index contributed by atoms with van der Waals surface area (Å²) < 4.78 is 16.1. The summed E-state index contributed by atoms with van der Waals surface area (Å²) in [6.45, 7) is 1.33. The Kier molecular flexibility index (Phi) is 3.11. The van der Waals surface area contributed by atoms with Gasteiger partial charge in [0.25, 0.3) is 5.56 Å². The van der Waals surface area contributed by atoms with E-state index in [4.69, 9.17) is 0 Å². The van der Waals surface area contributed by atoms with Crippen LogP contribution < -0.4 is 16.1 Å². The van der Waals surface area contributed by atoms with Gasteiger partial charge in [0.05, 0.1) is 22.2 Å². The van der Waals surface area contributed by atoms with Crippen LogP contribution in [0.25, 0.3) is 10.9 Å². The molecule has 2 fully saturated rings. The van der Waals surface area contributed by atoms with Gasteiger partial charge in [-0.25, -0.2) is 9.18 Å². The minimum atomic E-state index is -0.656. The molecule has 0 spiro atoms. The van der Waals surface area contributed by atoms with Gasteiger partial charge in [0.2, 0.25) is 0 Å². The van der Waals surface area contributed by atoms with Gasteiger partial charge in [-0.1, -0.05) is 0 Å². The highest BCUT2D eigenvalue weighted by Gasteiger charge is 2.31. The Morgan fingerprint density at radius 1 is 1.22 bits per heavy atom. The second-order valence-electron chi connectivity index (χ2n) is 6.19. The Balaban J connectivity index is 2.14. The number of hydrogen-bond donors (Lipinski definition) is 1. The lowest BCUT2D eigenvalue weighted by atomic mass is 10.1. The van der Waals surface area contributed by atoms with E-state index < -0.39 is 17.1 Å². The fourth-order valence-electron chi connectivity index (χ4n) is 3.46. The van der Waals surface area contributed by atoms with Crippen molar-refractivity contribution in [3.05, 3.63) is 38.3 Å². The zero-order chi connectivity index (χ0) is 16.1. The maximum atomic E-state index is 14.6. The van der Waals surface area contributed by atoms with Gasteiger partial charge in [-0.05, 0) is 31.7 Å². The number of aromatic amines is 1. The first-order valence-corrected chi connectivity index (χ1v) is 7.83. The third-order valence-corrected chi connectivity index (χ3v) is 4.64. The predicted octanol–water partition coefficient (Wildman–Crippen LogP) is 1.58. The maximum absolute atomic E-state index is 14.6. The lowest BCUT2D eigenvalue weighted by Gasteiger charge is -2.22. The van der Waals surface area contributed by atoms with Crippen molar-refractivity contribution in [2.45, 2.75) is 31.7 Å². The molecule has 0 unspecified atom stereocenters. The van der Waals surface area contributed by atoms with Crippen molar-refractivity contribution in [1.82, 2.24) is 9.55 Å².